The summed E-state index contributed by atoms with van der Waals surface area (Å²) in [4.78, 5) is 28.4. The van der Waals surface area contributed by atoms with Gasteiger partial charge in [-0.15, -0.1) is 0 Å². The minimum Gasteiger partial charge on any atom is -0.445 e. The summed E-state index contributed by atoms with van der Waals surface area (Å²) in [5.74, 6) is -0.530. The van der Waals surface area contributed by atoms with Crippen molar-refractivity contribution in [3.8, 4) is 0 Å². The second-order valence-corrected chi connectivity index (χ2v) is 5.60. The molecule has 0 saturated carbocycles. The zero-order chi connectivity index (χ0) is 17.5. The van der Waals surface area contributed by atoms with Gasteiger partial charge in [-0.2, -0.15) is 0 Å². The molecule has 1 aliphatic rings. The summed E-state index contributed by atoms with van der Waals surface area (Å²) in [6.45, 7) is 4.50. The van der Waals surface area contributed by atoms with Gasteiger partial charge in [-0.3, -0.25) is 4.79 Å². The van der Waals surface area contributed by atoms with E-state index in [4.69, 9.17) is 10.5 Å². The van der Waals surface area contributed by atoms with Gasteiger partial charge in [0.2, 0.25) is 5.91 Å². The third kappa shape index (κ3) is 4.69. The molecule has 2 rings (SSSR count). The highest BCUT2D eigenvalue weighted by Gasteiger charge is 2.34. The second kappa shape index (κ2) is 8.30. The van der Waals surface area contributed by atoms with Gasteiger partial charge in [-0.25, -0.2) is 9.78 Å². The maximum Gasteiger partial charge on any atom is 0.410 e. The standard InChI is InChI=1S/C16H22N4O4/c1-2-7-24-16(23)20-10-14(21)8-12(20)5-6-19-11-18-9-13(19)3-4-15(17)22/h2-4,9,11-12,14,21H,1,5-8,10H2,(H2,17,22)/t12-,14-/m1/s1. The van der Waals surface area contributed by atoms with Crippen LogP contribution in [-0.2, 0) is 16.1 Å². The molecule has 0 aromatic carbocycles. The first-order chi connectivity index (χ1) is 11.5. The van der Waals surface area contributed by atoms with Crippen molar-refractivity contribution >= 4 is 18.1 Å². The molecule has 0 aliphatic carbocycles. The van der Waals surface area contributed by atoms with Crippen LogP contribution in [0.1, 0.15) is 18.5 Å². The van der Waals surface area contributed by atoms with Crippen LogP contribution >= 0.6 is 0 Å². The lowest BCUT2D eigenvalue weighted by Crippen LogP contribution is -2.37. The maximum absolute atomic E-state index is 12.0. The highest BCUT2D eigenvalue weighted by atomic mass is 16.6. The molecule has 24 heavy (non-hydrogen) atoms. The number of imidazole rings is 1. The first-order valence-electron chi connectivity index (χ1n) is 7.71. The molecule has 1 aromatic heterocycles. The molecule has 1 aromatic rings. The van der Waals surface area contributed by atoms with E-state index in [2.05, 4.69) is 11.6 Å². The zero-order valence-electron chi connectivity index (χ0n) is 13.4. The van der Waals surface area contributed by atoms with Crippen molar-refractivity contribution in [1.29, 1.82) is 0 Å². The summed E-state index contributed by atoms with van der Waals surface area (Å²) in [5.41, 5.74) is 5.83. The maximum atomic E-state index is 12.0. The molecule has 1 aliphatic heterocycles. The fourth-order valence-corrected chi connectivity index (χ4v) is 2.71. The molecule has 1 fully saturated rings. The van der Waals surface area contributed by atoms with E-state index in [-0.39, 0.29) is 19.2 Å². The molecular formula is C16H22N4O4. The van der Waals surface area contributed by atoms with E-state index in [1.54, 1.807) is 23.5 Å². The van der Waals surface area contributed by atoms with Crippen LogP contribution in [0.4, 0.5) is 4.79 Å². The molecule has 2 heterocycles. The molecule has 0 unspecified atom stereocenters. The van der Waals surface area contributed by atoms with Crippen molar-refractivity contribution in [3.63, 3.8) is 0 Å². The minimum atomic E-state index is -0.553. The number of hydrogen-bond donors (Lipinski definition) is 2. The van der Waals surface area contributed by atoms with E-state index in [0.29, 0.717) is 19.4 Å². The van der Waals surface area contributed by atoms with E-state index >= 15 is 0 Å². The smallest absolute Gasteiger partial charge is 0.410 e. The largest absolute Gasteiger partial charge is 0.445 e. The Labute approximate surface area is 140 Å². The van der Waals surface area contributed by atoms with Crippen LogP contribution in [-0.4, -0.2) is 56.9 Å². The van der Waals surface area contributed by atoms with Crippen LogP contribution in [0.15, 0.2) is 31.3 Å². The summed E-state index contributed by atoms with van der Waals surface area (Å²) in [6, 6.07) is -0.118. The Morgan fingerprint density at radius 1 is 1.54 bits per heavy atom. The molecule has 0 radical (unpaired) electrons. The summed E-state index contributed by atoms with van der Waals surface area (Å²) in [5, 5.41) is 9.85. The number of nitrogens with zero attached hydrogens (tertiary/aromatic N) is 3. The zero-order valence-corrected chi connectivity index (χ0v) is 13.4. The lowest BCUT2D eigenvalue weighted by Gasteiger charge is -2.23. The molecule has 8 heteroatoms. The van der Waals surface area contributed by atoms with Gasteiger partial charge in [0.1, 0.15) is 6.61 Å². The number of carbonyl (C=O) groups is 2. The molecule has 2 amide bonds. The lowest BCUT2D eigenvalue weighted by atomic mass is 10.1. The molecule has 3 N–H and O–H groups in total. The quantitative estimate of drug-likeness (QED) is 0.558. The molecule has 8 nitrogen and oxygen atoms in total. The topological polar surface area (TPSA) is 111 Å². The number of carbonyl (C=O) groups excluding carboxylic acids is 2. The molecule has 2 atom stereocenters. The van der Waals surface area contributed by atoms with Crippen LogP contribution < -0.4 is 5.73 Å². The molecular weight excluding hydrogens is 312 g/mol. The number of rotatable bonds is 7. The van der Waals surface area contributed by atoms with E-state index in [1.165, 1.54) is 12.2 Å². The number of nitrogens with two attached hydrogens (primary N) is 1. The van der Waals surface area contributed by atoms with Gasteiger partial charge in [0.25, 0.3) is 0 Å². The number of amides is 2. The van der Waals surface area contributed by atoms with Crippen molar-refractivity contribution in [3.05, 3.63) is 36.9 Å². The Kier molecular flexibility index (Phi) is 6.14. The van der Waals surface area contributed by atoms with Gasteiger partial charge < -0.3 is 25.0 Å². The Hall–Kier alpha value is -2.61. The lowest BCUT2D eigenvalue weighted by molar-refractivity contribution is -0.113. The molecule has 0 bridgehead atoms. The summed E-state index contributed by atoms with van der Waals surface area (Å²) < 4.78 is 6.91. The Bertz CT molecular complexity index is 625. The summed E-state index contributed by atoms with van der Waals surface area (Å²) in [6.07, 6.45) is 7.77. The average molecular weight is 334 g/mol. The fraction of sp³-hybridized carbons (Fsp3) is 0.438. The molecule has 1 saturated heterocycles. The van der Waals surface area contributed by atoms with Gasteiger partial charge in [-0.05, 0) is 18.9 Å². The van der Waals surface area contributed by atoms with Crippen molar-refractivity contribution in [2.45, 2.75) is 31.5 Å². The van der Waals surface area contributed by atoms with Crippen LogP contribution in [0.3, 0.4) is 0 Å². The number of aliphatic hydroxyl groups is 1. The fourth-order valence-electron chi connectivity index (χ4n) is 2.71. The van der Waals surface area contributed by atoms with Crippen molar-refractivity contribution < 1.29 is 19.4 Å². The van der Waals surface area contributed by atoms with Crippen molar-refractivity contribution in [1.82, 2.24) is 14.5 Å². The molecule has 130 valence electrons. The third-order valence-electron chi connectivity index (χ3n) is 3.82. The van der Waals surface area contributed by atoms with Crippen LogP contribution in [0.25, 0.3) is 6.08 Å². The predicted octanol–water partition coefficient (Wildman–Crippen LogP) is 0.529. The van der Waals surface area contributed by atoms with Gasteiger partial charge in [-0.1, -0.05) is 12.7 Å². The van der Waals surface area contributed by atoms with Gasteiger partial charge in [0.15, 0.2) is 0 Å². The van der Waals surface area contributed by atoms with Gasteiger partial charge >= 0.3 is 6.09 Å². The van der Waals surface area contributed by atoms with Crippen molar-refractivity contribution in [2.75, 3.05) is 13.2 Å². The monoisotopic (exact) mass is 334 g/mol. The van der Waals surface area contributed by atoms with E-state index in [0.717, 1.165) is 5.69 Å². The number of ether oxygens (including phenoxy) is 1. The summed E-state index contributed by atoms with van der Waals surface area (Å²) >= 11 is 0. The third-order valence-corrected chi connectivity index (χ3v) is 3.82. The Morgan fingerprint density at radius 3 is 3.04 bits per heavy atom. The average Bonchev–Trinajstić information content (AvgIpc) is 3.14. The normalized spacial score (nSPS) is 20.5. The number of aliphatic hydroxyl groups excluding tert-OH is 1. The SMILES string of the molecule is C=CCOC(=O)N1C[C@H](O)C[C@H]1CCn1cncc1C=CC(N)=O. The first-order valence-corrected chi connectivity index (χ1v) is 7.71. The number of likely N-dealkylation sites (tertiary alicyclic amines) is 1. The number of β-amino-alcohol motifs (C(OH)–C–C–N with tert-alkyl or cyclic N) is 1. The van der Waals surface area contributed by atoms with E-state index in [1.807, 2.05) is 4.57 Å². The van der Waals surface area contributed by atoms with Gasteiger partial charge in [0, 0.05) is 18.7 Å². The summed E-state index contributed by atoms with van der Waals surface area (Å²) in [7, 11) is 0. The molecule has 0 spiro atoms. The highest BCUT2D eigenvalue weighted by Crippen LogP contribution is 2.22. The Balaban J connectivity index is 1.97. The Morgan fingerprint density at radius 2 is 2.33 bits per heavy atom. The van der Waals surface area contributed by atoms with Gasteiger partial charge in [0.05, 0.1) is 30.9 Å². The highest BCUT2D eigenvalue weighted by molar-refractivity contribution is 5.89. The van der Waals surface area contributed by atoms with Crippen LogP contribution in [0.2, 0.25) is 0 Å². The van der Waals surface area contributed by atoms with Crippen molar-refractivity contribution in [2.24, 2.45) is 5.73 Å². The number of aromatic nitrogens is 2. The first kappa shape index (κ1) is 17.7. The van der Waals surface area contributed by atoms with E-state index < -0.39 is 18.1 Å². The second-order valence-electron chi connectivity index (χ2n) is 5.60. The minimum absolute atomic E-state index is 0.118. The predicted molar refractivity (Wildman–Crippen MR) is 87.7 cm³/mol. The van der Waals surface area contributed by atoms with Crippen LogP contribution in [0.5, 0.6) is 0 Å². The van der Waals surface area contributed by atoms with E-state index in [9.17, 15) is 14.7 Å². The van der Waals surface area contributed by atoms with Crippen LogP contribution in [0, 0.1) is 0 Å². The number of primary amides is 1. The number of hydrogen-bond acceptors (Lipinski definition) is 5. The number of aryl methyl sites for hydroxylation is 1.